The lowest BCUT2D eigenvalue weighted by Gasteiger charge is -2.48. The normalized spacial score (nSPS) is 30.9. The molecular weight excluding hydrogens is 256 g/mol. The van der Waals surface area contributed by atoms with E-state index in [1.54, 1.807) is 0 Å². The number of nitrogens with zero attached hydrogens (tertiary/aromatic N) is 1. The Balaban J connectivity index is 2.06. The van der Waals surface area contributed by atoms with Gasteiger partial charge in [-0.2, -0.15) is 0 Å². The van der Waals surface area contributed by atoms with Crippen LogP contribution in [0.15, 0.2) is 0 Å². The number of likely N-dealkylation sites (N-methyl/N-ethyl adjacent to an activating group) is 1. The van der Waals surface area contributed by atoms with Gasteiger partial charge < -0.3 is 5.32 Å². The Kier molecular flexibility index (Phi) is 6.55. The molecule has 1 aliphatic heterocycles. The Morgan fingerprint density at radius 1 is 1.05 bits per heavy atom. The van der Waals surface area contributed by atoms with Crippen LogP contribution in [0.5, 0.6) is 0 Å². The minimum atomic E-state index is 0.291. The van der Waals surface area contributed by atoms with Crippen LogP contribution in [0, 0.1) is 11.8 Å². The summed E-state index contributed by atoms with van der Waals surface area (Å²) in [6.45, 7) is 9.97. The first-order valence-electron chi connectivity index (χ1n) is 9.52. The molecule has 1 aliphatic carbocycles. The molecule has 0 aromatic heterocycles. The number of nitrogens with one attached hydrogen (secondary N) is 1. The number of rotatable bonds is 5. The molecule has 3 unspecified atom stereocenters. The van der Waals surface area contributed by atoms with Crippen molar-refractivity contribution in [1.29, 1.82) is 0 Å². The fraction of sp³-hybridized carbons (Fsp3) is 1.00. The predicted octanol–water partition coefficient (Wildman–Crippen LogP) is 4.45. The molecule has 2 nitrogen and oxygen atoms in total. The molecule has 2 aliphatic rings. The zero-order valence-corrected chi connectivity index (χ0v) is 15.0. The Labute approximate surface area is 133 Å². The standard InChI is InChI=1S/C19H38N2/c1-5-16-11-10-12-17(15-16)18(20-4)19(2,3)21-13-8-6-7-9-14-21/h16-18,20H,5-15H2,1-4H3. The molecule has 0 amide bonds. The molecular formula is C19H38N2. The van der Waals surface area contributed by atoms with Crippen molar-refractivity contribution in [1.82, 2.24) is 10.2 Å². The maximum absolute atomic E-state index is 3.73. The smallest absolute Gasteiger partial charge is 0.0308 e. The third-order valence-corrected chi connectivity index (χ3v) is 6.37. The van der Waals surface area contributed by atoms with Gasteiger partial charge in [0.15, 0.2) is 0 Å². The second kappa shape index (κ2) is 7.97. The van der Waals surface area contributed by atoms with E-state index < -0.39 is 0 Å². The summed E-state index contributed by atoms with van der Waals surface area (Å²) in [5.41, 5.74) is 0.291. The average molecular weight is 295 g/mol. The molecule has 2 heteroatoms. The summed E-state index contributed by atoms with van der Waals surface area (Å²) >= 11 is 0. The molecule has 0 aromatic carbocycles. The fourth-order valence-corrected chi connectivity index (χ4v) is 5.02. The van der Waals surface area contributed by atoms with E-state index in [0.29, 0.717) is 11.6 Å². The van der Waals surface area contributed by atoms with Crippen molar-refractivity contribution in [2.24, 2.45) is 11.8 Å². The number of hydrogen-bond acceptors (Lipinski definition) is 2. The topological polar surface area (TPSA) is 15.3 Å². The van der Waals surface area contributed by atoms with E-state index in [9.17, 15) is 0 Å². The molecule has 1 saturated heterocycles. The van der Waals surface area contributed by atoms with E-state index in [2.05, 4.69) is 38.0 Å². The fourth-order valence-electron chi connectivity index (χ4n) is 5.02. The van der Waals surface area contributed by atoms with Crippen LogP contribution in [0.2, 0.25) is 0 Å². The second-order valence-electron chi connectivity index (χ2n) is 8.02. The summed E-state index contributed by atoms with van der Waals surface area (Å²) in [5, 5.41) is 3.73. The SMILES string of the molecule is CCC1CCCC(C(NC)C(C)(C)N2CCCCCC2)C1. The van der Waals surface area contributed by atoms with E-state index in [4.69, 9.17) is 0 Å². The van der Waals surface area contributed by atoms with Gasteiger partial charge in [-0.15, -0.1) is 0 Å². The molecule has 3 atom stereocenters. The van der Waals surface area contributed by atoms with E-state index in [0.717, 1.165) is 11.8 Å². The van der Waals surface area contributed by atoms with Crippen LogP contribution in [-0.2, 0) is 0 Å². The summed E-state index contributed by atoms with van der Waals surface area (Å²) in [5.74, 6) is 1.84. The van der Waals surface area contributed by atoms with Gasteiger partial charge in [0.2, 0.25) is 0 Å². The highest BCUT2D eigenvalue weighted by atomic mass is 15.2. The average Bonchev–Trinajstić information content (AvgIpc) is 2.77. The minimum absolute atomic E-state index is 0.291. The first-order chi connectivity index (χ1) is 10.1. The summed E-state index contributed by atoms with van der Waals surface area (Å²) in [7, 11) is 2.19. The van der Waals surface area contributed by atoms with Crippen LogP contribution in [0.4, 0.5) is 0 Å². The van der Waals surface area contributed by atoms with E-state index in [1.165, 1.54) is 70.9 Å². The van der Waals surface area contributed by atoms with Gasteiger partial charge in [-0.3, -0.25) is 4.90 Å². The molecule has 2 rings (SSSR count). The molecule has 0 aromatic rings. The van der Waals surface area contributed by atoms with Gasteiger partial charge in [-0.1, -0.05) is 39.0 Å². The van der Waals surface area contributed by atoms with Crippen LogP contribution in [0.25, 0.3) is 0 Å². The van der Waals surface area contributed by atoms with Crippen molar-refractivity contribution < 1.29 is 0 Å². The summed E-state index contributed by atoms with van der Waals surface area (Å²) in [6, 6.07) is 0.643. The van der Waals surface area contributed by atoms with Crippen molar-refractivity contribution in [2.45, 2.75) is 90.1 Å². The monoisotopic (exact) mass is 294 g/mol. The molecule has 21 heavy (non-hydrogen) atoms. The van der Waals surface area contributed by atoms with E-state index in [-0.39, 0.29) is 0 Å². The molecule has 0 radical (unpaired) electrons. The van der Waals surface area contributed by atoms with Crippen LogP contribution in [0.1, 0.15) is 78.6 Å². The molecule has 1 heterocycles. The van der Waals surface area contributed by atoms with Gasteiger partial charge in [0, 0.05) is 11.6 Å². The van der Waals surface area contributed by atoms with Crippen molar-refractivity contribution in [3.8, 4) is 0 Å². The molecule has 2 fully saturated rings. The van der Waals surface area contributed by atoms with Crippen molar-refractivity contribution in [3.63, 3.8) is 0 Å². The Hall–Kier alpha value is -0.0800. The van der Waals surface area contributed by atoms with Gasteiger partial charge in [-0.25, -0.2) is 0 Å². The maximum Gasteiger partial charge on any atom is 0.0308 e. The van der Waals surface area contributed by atoms with E-state index >= 15 is 0 Å². The minimum Gasteiger partial charge on any atom is -0.315 e. The maximum atomic E-state index is 3.73. The zero-order chi connectivity index (χ0) is 15.3. The van der Waals surface area contributed by atoms with Gasteiger partial charge in [-0.05, 0) is 71.5 Å². The van der Waals surface area contributed by atoms with Gasteiger partial charge in [0.05, 0.1) is 0 Å². The number of hydrogen-bond donors (Lipinski definition) is 1. The first-order valence-corrected chi connectivity index (χ1v) is 9.52. The molecule has 124 valence electrons. The highest BCUT2D eigenvalue weighted by Gasteiger charge is 2.40. The summed E-state index contributed by atoms with van der Waals surface area (Å²) < 4.78 is 0. The lowest BCUT2D eigenvalue weighted by atomic mass is 9.71. The van der Waals surface area contributed by atoms with Gasteiger partial charge >= 0.3 is 0 Å². The lowest BCUT2D eigenvalue weighted by Crippen LogP contribution is -2.60. The molecule has 1 N–H and O–H groups in total. The van der Waals surface area contributed by atoms with Crippen LogP contribution >= 0.6 is 0 Å². The van der Waals surface area contributed by atoms with Crippen LogP contribution in [-0.4, -0.2) is 36.6 Å². The Morgan fingerprint density at radius 3 is 2.29 bits per heavy atom. The molecule has 0 spiro atoms. The van der Waals surface area contributed by atoms with Crippen LogP contribution < -0.4 is 5.32 Å². The first kappa shape index (κ1) is 17.3. The van der Waals surface area contributed by atoms with Crippen molar-refractivity contribution in [3.05, 3.63) is 0 Å². The second-order valence-corrected chi connectivity index (χ2v) is 8.02. The zero-order valence-electron chi connectivity index (χ0n) is 15.0. The van der Waals surface area contributed by atoms with Crippen molar-refractivity contribution in [2.75, 3.05) is 20.1 Å². The summed E-state index contributed by atoms with van der Waals surface area (Å²) in [6.07, 6.45) is 12.8. The van der Waals surface area contributed by atoms with Crippen molar-refractivity contribution >= 4 is 0 Å². The largest absolute Gasteiger partial charge is 0.315 e. The Morgan fingerprint density at radius 2 is 1.71 bits per heavy atom. The van der Waals surface area contributed by atoms with E-state index in [1.807, 2.05) is 0 Å². The van der Waals surface area contributed by atoms with Gasteiger partial charge in [0.25, 0.3) is 0 Å². The highest BCUT2D eigenvalue weighted by Crippen LogP contribution is 2.37. The predicted molar refractivity (Wildman–Crippen MR) is 92.7 cm³/mol. The van der Waals surface area contributed by atoms with Crippen LogP contribution in [0.3, 0.4) is 0 Å². The number of likely N-dealkylation sites (tertiary alicyclic amines) is 1. The quantitative estimate of drug-likeness (QED) is 0.806. The molecule has 0 bridgehead atoms. The third-order valence-electron chi connectivity index (χ3n) is 6.37. The summed E-state index contributed by atoms with van der Waals surface area (Å²) in [4.78, 5) is 2.79. The third kappa shape index (κ3) is 4.22. The van der Waals surface area contributed by atoms with Gasteiger partial charge in [0.1, 0.15) is 0 Å². The molecule has 1 saturated carbocycles. The Bertz CT molecular complexity index is 292. The lowest BCUT2D eigenvalue weighted by molar-refractivity contribution is 0.0449. The highest BCUT2D eigenvalue weighted by molar-refractivity contribution is 4.98.